The molecule has 2 N–H and O–H groups in total. The second kappa shape index (κ2) is 7.54. The Balaban J connectivity index is 2.08. The molecule has 6 nitrogen and oxygen atoms in total. The number of hydrogen-bond acceptors (Lipinski definition) is 6. The molecule has 1 atom stereocenters. The fraction of sp³-hybridized carbons (Fsp3) is 0.318. The summed E-state index contributed by atoms with van der Waals surface area (Å²) in [4.78, 5) is 8.30. The number of benzene rings is 1. The first-order chi connectivity index (χ1) is 14.3. The van der Waals surface area contributed by atoms with Gasteiger partial charge in [0.1, 0.15) is 39.5 Å². The first-order valence-corrected chi connectivity index (χ1v) is 11.1. The van der Waals surface area contributed by atoms with Gasteiger partial charge in [-0.25, -0.2) is 17.2 Å². The SMILES string of the molecule is Cc1cc(C#N)cnc1/C(F)=C/c1ccc(F)c([C@]2(C)CS(=O)(=O)C(C)(C)C(N)=N2)c1. The molecule has 1 aromatic carbocycles. The van der Waals surface area contributed by atoms with Crippen LogP contribution in [-0.4, -0.2) is 29.7 Å². The van der Waals surface area contributed by atoms with E-state index in [2.05, 4.69) is 9.98 Å². The Morgan fingerprint density at radius 3 is 2.55 bits per heavy atom. The number of rotatable bonds is 3. The number of nitriles is 1. The van der Waals surface area contributed by atoms with E-state index < -0.39 is 37.5 Å². The summed E-state index contributed by atoms with van der Waals surface area (Å²) < 4.78 is 53.7. The number of pyridine rings is 1. The lowest BCUT2D eigenvalue weighted by molar-refractivity contribution is 0.475. The molecule has 0 radical (unpaired) electrons. The molecule has 162 valence electrons. The molecule has 1 aromatic heterocycles. The van der Waals surface area contributed by atoms with Gasteiger partial charge in [0, 0.05) is 11.8 Å². The van der Waals surface area contributed by atoms with Gasteiger partial charge in [0.15, 0.2) is 9.84 Å². The number of aryl methyl sites for hydroxylation is 1. The summed E-state index contributed by atoms with van der Waals surface area (Å²) in [7, 11) is -3.72. The number of aromatic nitrogens is 1. The van der Waals surface area contributed by atoms with Gasteiger partial charge in [-0.3, -0.25) is 9.98 Å². The highest BCUT2D eigenvalue weighted by molar-refractivity contribution is 7.93. The maximum Gasteiger partial charge on any atom is 0.165 e. The van der Waals surface area contributed by atoms with Gasteiger partial charge in [0.25, 0.3) is 0 Å². The van der Waals surface area contributed by atoms with Crippen LogP contribution < -0.4 is 5.73 Å². The molecule has 0 fully saturated rings. The molecule has 0 saturated carbocycles. The first kappa shape index (κ1) is 22.6. The van der Waals surface area contributed by atoms with E-state index in [0.717, 1.165) is 6.07 Å². The minimum Gasteiger partial charge on any atom is -0.386 e. The van der Waals surface area contributed by atoms with Crippen molar-refractivity contribution in [1.82, 2.24) is 4.98 Å². The highest BCUT2D eigenvalue weighted by Gasteiger charge is 2.49. The molecule has 0 bridgehead atoms. The van der Waals surface area contributed by atoms with Crippen LogP contribution in [0.4, 0.5) is 8.78 Å². The monoisotopic (exact) mass is 444 g/mol. The van der Waals surface area contributed by atoms with Crippen molar-refractivity contribution in [3.63, 3.8) is 0 Å². The standard InChI is InChI=1S/C22H22F2N4O2S/c1-13-7-15(10-25)11-27-19(13)18(24)9-14-5-6-17(23)16(8-14)22(4)12-31(29,30)21(2,3)20(26)28-22/h5-9,11H,12H2,1-4H3,(H2,26,28)/b18-9-/t22-/m0/s1. The first-order valence-electron chi connectivity index (χ1n) is 9.43. The van der Waals surface area contributed by atoms with E-state index in [1.54, 1.807) is 6.92 Å². The Bertz CT molecular complexity index is 1280. The number of halogens is 2. The molecule has 31 heavy (non-hydrogen) atoms. The lowest BCUT2D eigenvalue weighted by Gasteiger charge is -2.38. The molecule has 1 aliphatic rings. The van der Waals surface area contributed by atoms with Crippen molar-refractivity contribution in [3.8, 4) is 6.07 Å². The van der Waals surface area contributed by atoms with Crippen LogP contribution in [0.25, 0.3) is 11.9 Å². The molecule has 2 heterocycles. The summed E-state index contributed by atoms with van der Waals surface area (Å²) >= 11 is 0. The molecule has 9 heteroatoms. The third-order valence-corrected chi connectivity index (χ3v) is 8.24. The van der Waals surface area contributed by atoms with Crippen LogP contribution in [0.5, 0.6) is 0 Å². The molecule has 3 rings (SSSR count). The highest BCUT2D eigenvalue weighted by Crippen LogP contribution is 2.38. The van der Waals surface area contributed by atoms with Gasteiger partial charge in [0.2, 0.25) is 0 Å². The summed E-state index contributed by atoms with van der Waals surface area (Å²) in [6.07, 6.45) is 2.43. The van der Waals surface area contributed by atoms with Crippen molar-refractivity contribution in [2.75, 3.05) is 5.75 Å². The Morgan fingerprint density at radius 2 is 1.97 bits per heavy atom. The summed E-state index contributed by atoms with van der Waals surface area (Å²) in [6, 6.07) is 7.31. The summed E-state index contributed by atoms with van der Waals surface area (Å²) in [6.45, 7) is 6.03. The van der Waals surface area contributed by atoms with Crippen molar-refractivity contribution >= 4 is 27.6 Å². The van der Waals surface area contributed by atoms with Gasteiger partial charge in [0.05, 0.1) is 11.3 Å². The lowest BCUT2D eigenvalue weighted by Crippen LogP contribution is -2.55. The maximum atomic E-state index is 14.9. The van der Waals surface area contributed by atoms with Crippen LogP contribution in [0, 0.1) is 24.1 Å². The van der Waals surface area contributed by atoms with Gasteiger partial charge in [-0.2, -0.15) is 5.26 Å². The average Bonchev–Trinajstić information content (AvgIpc) is 2.67. The van der Waals surface area contributed by atoms with Crippen LogP contribution >= 0.6 is 0 Å². The second-order valence-electron chi connectivity index (χ2n) is 8.27. The number of nitrogens with zero attached hydrogens (tertiary/aromatic N) is 3. The molecular weight excluding hydrogens is 422 g/mol. The van der Waals surface area contributed by atoms with Crippen LogP contribution in [0.2, 0.25) is 0 Å². The van der Waals surface area contributed by atoms with E-state index in [0.29, 0.717) is 16.7 Å². The Morgan fingerprint density at radius 1 is 1.29 bits per heavy atom. The number of hydrogen-bond donors (Lipinski definition) is 1. The molecule has 0 aliphatic carbocycles. The Hall–Kier alpha value is -3.12. The summed E-state index contributed by atoms with van der Waals surface area (Å²) in [5, 5.41) is 8.92. The van der Waals surface area contributed by atoms with Gasteiger partial charge >= 0.3 is 0 Å². The third kappa shape index (κ3) is 3.95. The maximum absolute atomic E-state index is 14.9. The lowest BCUT2D eigenvalue weighted by atomic mass is 9.91. The van der Waals surface area contributed by atoms with E-state index in [1.807, 2.05) is 6.07 Å². The Labute approximate surface area is 180 Å². The van der Waals surface area contributed by atoms with E-state index >= 15 is 0 Å². The van der Waals surface area contributed by atoms with Crippen molar-refractivity contribution in [2.45, 2.75) is 38.0 Å². The number of amidine groups is 1. The summed E-state index contributed by atoms with van der Waals surface area (Å²) in [5.41, 5.74) is 5.62. The van der Waals surface area contributed by atoms with Crippen LogP contribution in [0.3, 0.4) is 0 Å². The van der Waals surface area contributed by atoms with E-state index in [1.165, 1.54) is 51.2 Å². The van der Waals surface area contributed by atoms with Crippen molar-refractivity contribution in [3.05, 3.63) is 64.2 Å². The highest BCUT2D eigenvalue weighted by atomic mass is 32.2. The summed E-state index contributed by atoms with van der Waals surface area (Å²) in [5.74, 6) is -1.88. The predicted molar refractivity (Wildman–Crippen MR) is 116 cm³/mol. The molecule has 0 saturated heterocycles. The van der Waals surface area contributed by atoms with Crippen molar-refractivity contribution in [2.24, 2.45) is 10.7 Å². The van der Waals surface area contributed by atoms with Crippen molar-refractivity contribution < 1.29 is 17.2 Å². The van der Waals surface area contributed by atoms with E-state index in [9.17, 15) is 17.2 Å². The fourth-order valence-electron chi connectivity index (χ4n) is 3.43. The molecule has 0 amide bonds. The van der Waals surface area contributed by atoms with Gasteiger partial charge in [-0.15, -0.1) is 0 Å². The fourth-order valence-corrected chi connectivity index (χ4v) is 5.11. The molecule has 1 aliphatic heterocycles. The van der Waals surface area contributed by atoms with Crippen LogP contribution in [0.1, 0.15) is 48.7 Å². The topological polar surface area (TPSA) is 109 Å². The van der Waals surface area contributed by atoms with Gasteiger partial charge in [-0.1, -0.05) is 6.07 Å². The van der Waals surface area contributed by atoms with E-state index in [-0.39, 0.29) is 17.1 Å². The van der Waals surface area contributed by atoms with Crippen LogP contribution in [0.15, 0.2) is 35.5 Å². The van der Waals surface area contributed by atoms with Gasteiger partial charge < -0.3 is 5.73 Å². The zero-order valence-corrected chi connectivity index (χ0v) is 18.4. The number of sulfone groups is 1. The molecule has 2 aromatic rings. The van der Waals surface area contributed by atoms with E-state index in [4.69, 9.17) is 11.0 Å². The van der Waals surface area contributed by atoms with Crippen LogP contribution in [-0.2, 0) is 15.4 Å². The zero-order valence-electron chi connectivity index (χ0n) is 17.6. The molecule has 0 unspecified atom stereocenters. The second-order valence-corrected chi connectivity index (χ2v) is 10.8. The minimum atomic E-state index is -3.72. The normalized spacial score (nSPS) is 22.5. The Kier molecular flexibility index (Phi) is 5.48. The number of nitrogens with two attached hydrogens (primary N) is 1. The largest absolute Gasteiger partial charge is 0.386 e. The minimum absolute atomic E-state index is 0.000541. The quantitative estimate of drug-likeness (QED) is 0.777. The smallest absolute Gasteiger partial charge is 0.165 e. The molecular formula is C22H22F2N4O2S. The number of aliphatic imine (C=N–C) groups is 1. The molecule has 0 spiro atoms. The third-order valence-electron chi connectivity index (χ3n) is 5.53. The predicted octanol–water partition coefficient (Wildman–Crippen LogP) is 3.65. The average molecular weight is 445 g/mol. The zero-order chi connectivity index (χ0) is 23.2. The van der Waals surface area contributed by atoms with Crippen molar-refractivity contribution in [1.29, 1.82) is 5.26 Å². The van der Waals surface area contributed by atoms with Gasteiger partial charge in [-0.05, 0) is 63.1 Å².